The minimum absolute atomic E-state index is 0.120. The van der Waals surface area contributed by atoms with Crippen molar-refractivity contribution in [3.63, 3.8) is 0 Å². The Morgan fingerprint density at radius 2 is 1.95 bits per heavy atom. The van der Waals surface area contributed by atoms with E-state index in [1.807, 2.05) is 12.1 Å². The number of hydrogen-bond acceptors (Lipinski definition) is 2. The molecule has 0 bridgehead atoms. The molecule has 1 amide bonds. The summed E-state index contributed by atoms with van der Waals surface area (Å²) in [6, 6.07) is 11.5. The molecule has 2 aromatic rings. The van der Waals surface area contributed by atoms with Crippen LogP contribution >= 0.6 is 23.2 Å². The van der Waals surface area contributed by atoms with Crippen molar-refractivity contribution in [3.05, 3.63) is 58.6 Å². The Hall–Kier alpha value is -1.71. The number of benzene rings is 2. The summed E-state index contributed by atoms with van der Waals surface area (Å²) >= 11 is 11.6. The first-order valence-corrected chi connectivity index (χ1v) is 6.47. The Bertz CT molecular complexity index is 614. The maximum Gasteiger partial charge on any atom is 0.259 e. The van der Waals surface area contributed by atoms with Crippen molar-refractivity contribution < 1.29 is 9.90 Å². The highest BCUT2D eigenvalue weighted by Crippen LogP contribution is 2.24. The average Bonchev–Trinajstić information content (AvgIpc) is 2.42. The van der Waals surface area contributed by atoms with Gasteiger partial charge in [0.15, 0.2) is 0 Å². The lowest BCUT2D eigenvalue weighted by atomic mass is 10.1. The van der Waals surface area contributed by atoms with Gasteiger partial charge in [0.25, 0.3) is 5.91 Å². The van der Waals surface area contributed by atoms with E-state index in [0.29, 0.717) is 10.7 Å². The fourth-order valence-electron chi connectivity index (χ4n) is 1.64. The van der Waals surface area contributed by atoms with Crippen LogP contribution in [0.5, 0.6) is 5.75 Å². The Labute approximate surface area is 120 Å². The minimum Gasteiger partial charge on any atom is -0.507 e. The highest BCUT2D eigenvalue weighted by molar-refractivity contribution is 6.31. The molecule has 0 aliphatic heterocycles. The first-order valence-electron chi connectivity index (χ1n) is 5.55. The maximum absolute atomic E-state index is 12.1. The third-order valence-electron chi connectivity index (χ3n) is 2.61. The second kappa shape index (κ2) is 5.95. The fourth-order valence-corrected chi connectivity index (χ4v) is 2.04. The largest absolute Gasteiger partial charge is 0.507 e. The predicted molar refractivity (Wildman–Crippen MR) is 77.1 cm³/mol. The monoisotopic (exact) mass is 295 g/mol. The number of aromatic hydroxyl groups is 1. The van der Waals surface area contributed by atoms with Crippen LogP contribution in [-0.2, 0) is 5.88 Å². The number of nitrogens with one attached hydrogen (secondary N) is 1. The molecule has 2 aromatic carbocycles. The fraction of sp³-hybridized carbons (Fsp3) is 0.0714. The Morgan fingerprint density at radius 1 is 1.21 bits per heavy atom. The van der Waals surface area contributed by atoms with Crippen LogP contribution < -0.4 is 5.32 Å². The van der Waals surface area contributed by atoms with Crippen LogP contribution in [0.4, 0.5) is 5.69 Å². The van der Waals surface area contributed by atoms with Crippen molar-refractivity contribution in [1.82, 2.24) is 0 Å². The number of phenols is 1. The van der Waals surface area contributed by atoms with Crippen LogP contribution in [0.2, 0.25) is 5.02 Å². The molecule has 0 fully saturated rings. The number of para-hydroxylation sites is 1. The quantitative estimate of drug-likeness (QED) is 0.840. The molecule has 0 unspecified atom stereocenters. The van der Waals surface area contributed by atoms with E-state index in [9.17, 15) is 9.90 Å². The Morgan fingerprint density at radius 3 is 2.68 bits per heavy atom. The van der Waals surface area contributed by atoms with Gasteiger partial charge in [0.2, 0.25) is 0 Å². The van der Waals surface area contributed by atoms with E-state index in [2.05, 4.69) is 5.32 Å². The molecule has 0 spiro atoms. The molecular formula is C14H11Cl2NO2. The molecule has 0 aromatic heterocycles. The number of anilines is 1. The number of carbonyl (C=O) groups excluding carboxylic acids is 1. The van der Waals surface area contributed by atoms with Crippen molar-refractivity contribution >= 4 is 34.8 Å². The van der Waals surface area contributed by atoms with E-state index >= 15 is 0 Å². The van der Waals surface area contributed by atoms with Crippen LogP contribution in [0.25, 0.3) is 0 Å². The summed E-state index contributed by atoms with van der Waals surface area (Å²) in [6.07, 6.45) is 0. The smallest absolute Gasteiger partial charge is 0.259 e. The molecule has 2 N–H and O–H groups in total. The van der Waals surface area contributed by atoms with Gasteiger partial charge in [-0.25, -0.2) is 0 Å². The van der Waals surface area contributed by atoms with Crippen molar-refractivity contribution in [2.45, 2.75) is 5.88 Å². The molecule has 0 aliphatic rings. The van der Waals surface area contributed by atoms with Gasteiger partial charge in [-0.3, -0.25) is 4.79 Å². The molecule has 0 saturated heterocycles. The van der Waals surface area contributed by atoms with Crippen molar-refractivity contribution in [1.29, 1.82) is 0 Å². The van der Waals surface area contributed by atoms with Gasteiger partial charge >= 0.3 is 0 Å². The zero-order valence-electron chi connectivity index (χ0n) is 9.86. The van der Waals surface area contributed by atoms with E-state index in [0.717, 1.165) is 5.56 Å². The maximum atomic E-state index is 12.1. The average molecular weight is 296 g/mol. The van der Waals surface area contributed by atoms with E-state index in [1.165, 1.54) is 18.2 Å². The van der Waals surface area contributed by atoms with Crippen molar-refractivity contribution in [2.75, 3.05) is 5.32 Å². The van der Waals surface area contributed by atoms with E-state index < -0.39 is 5.91 Å². The van der Waals surface area contributed by atoms with Gasteiger partial charge in [0.1, 0.15) is 5.75 Å². The van der Waals surface area contributed by atoms with Gasteiger partial charge in [0.05, 0.1) is 5.56 Å². The molecule has 0 heterocycles. The Balaban J connectivity index is 2.28. The minimum atomic E-state index is -0.433. The van der Waals surface area contributed by atoms with Gasteiger partial charge in [-0.1, -0.05) is 29.8 Å². The van der Waals surface area contributed by atoms with Crippen LogP contribution in [0.1, 0.15) is 15.9 Å². The SMILES string of the molecule is O=C(Nc1ccccc1CCl)c1cc(Cl)ccc1O. The zero-order valence-corrected chi connectivity index (χ0v) is 11.4. The molecule has 2 rings (SSSR count). The van der Waals surface area contributed by atoms with Crippen molar-refractivity contribution in [2.24, 2.45) is 0 Å². The highest BCUT2D eigenvalue weighted by atomic mass is 35.5. The van der Waals surface area contributed by atoms with E-state index in [-0.39, 0.29) is 17.2 Å². The molecule has 0 radical (unpaired) electrons. The molecule has 98 valence electrons. The third kappa shape index (κ3) is 3.19. The number of amides is 1. The molecule has 0 atom stereocenters. The summed E-state index contributed by atoms with van der Waals surface area (Å²) in [5, 5.41) is 12.8. The second-order valence-electron chi connectivity index (χ2n) is 3.91. The van der Waals surface area contributed by atoms with Gasteiger partial charge in [-0.2, -0.15) is 0 Å². The highest BCUT2D eigenvalue weighted by Gasteiger charge is 2.13. The van der Waals surface area contributed by atoms with Crippen LogP contribution in [0.3, 0.4) is 0 Å². The van der Waals surface area contributed by atoms with Gasteiger partial charge < -0.3 is 10.4 Å². The first-order chi connectivity index (χ1) is 9.11. The number of hydrogen-bond donors (Lipinski definition) is 2. The predicted octanol–water partition coefficient (Wildman–Crippen LogP) is 4.04. The summed E-state index contributed by atoms with van der Waals surface area (Å²) in [6.45, 7) is 0. The zero-order chi connectivity index (χ0) is 13.8. The summed E-state index contributed by atoms with van der Waals surface area (Å²) in [4.78, 5) is 12.1. The van der Waals surface area contributed by atoms with Crippen LogP contribution in [0, 0.1) is 0 Å². The lowest BCUT2D eigenvalue weighted by molar-refractivity contribution is 0.102. The molecule has 0 aliphatic carbocycles. The third-order valence-corrected chi connectivity index (χ3v) is 3.14. The number of carbonyl (C=O) groups is 1. The van der Waals surface area contributed by atoms with Gasteiger partial charge in [0, 0.05) is 16.6 Å². The lowest BCUT2D eigenvalue weighted by Crippen LogP contribution is -2.13. The van der Waals surface area contributed by atoms with Crippen molar-refractivity contribution in [3.8, 4) is 5.75 Å². The first kappa shape index (κ1) is 13.7. The number of halogens is 2. The van der Waals surface area contributed by atoms with Crippen LogP contribution in [0.15, 0.2) is 42.5 Å². The topological polar surface area (TPSA) is 49.3 Å². The van der Waals surface area contributed by atoms with Gasteiger partial charge in [-0.15, -0.1) is 11.6 Å². The molecule has 19 heavy (non-hydrogen) atoms. The lowest BCUT2D eigenvalue weighted by Gasteiger charge is -2.10. The van der Waals surface area contributed by atoms with E-state index in [4.69, 9.17) is 23.2 Å². The van der Waals surface area contributed by atoms with Gasteiger partial charge in [-0.05, 0) is 29.8 Å². The standard InChI is InChI=1S/C14H11Cl2NO2/c15-8-9-3-1-2-4-12(9)17-14(19)11-7-10(16)5-6-13(11)18/h1-7,18H,8H2,(H,17,19). The number of rotatable bonds is 3. The summed E-state index contributed by atoms with van der Waals surface area (Å²) in [5.74, 6) is -0.263. The number of alkyl halides is 1. The van der Waals surface area contributed by atoms with E-state index in [1.54, 1.807) is 12.1 Å². The Kier molecular flexibility index (Phi) is 4.30. The summed E-state index contributed by atoms with van der Waals surface area (Å²) < 4.78 is 0. The molecule has 0 saturated carbocycles. The second-order valence-corrected chi connectivity index (χ2v) is 4.61. The number of phenolic OH excluding ortho intramolecular Hbond substituents is 1. The van der Waals surface area contributed by atoms with Crippen LogP contribution in [-0.4, -0.2) is 11.0 Å². The summed E-state index contributed by atoms with van der Waals surface area (Å²) in [7, 11) is 0. The molecular weight excluding hydrogens is 285 g/mol. The normalized spacial score (nSPS) is 10.2. The summed E-state index contributed by atoms with van der Waals surface area (Å²) in [5.41, 5.74) is 1.54. The molecule has 5 heteroatoms. The molecule has 3 nitrogen and oxygen atoms in total.